The van der Waals surface area contributed by atoms with Gasteiger partial charge >= 0.3 is 0 Å². The highest BCUT2D eigenvalue weighted by atomic mass is 32.1. The zero-order valence-corrected chi connectivity index (χ0v) is 19.7. The van der Waals surface area contributed by atoms with Gasteiger partial charge < -0.3 is 16.0 Å². The molecule has 2 amide bonds. The molecule has 3 saturated carbocycles. The summed E-state index contributed by atoms with van der Waals surface area (Å²) in [6.45, 7) is 7.76. The van der Waals surface area contributed by atoms with Gasteiger partial charge in [0.05, 0.1) is 0 Å². The zero-order chi connectivity index (χ0) is 21.5. The Morgan fingerprint density at radius 3 is 2.63 bits per heavy atom. The summed E-state index contributed by atoms with van der Waals surface area (Å²) in [5.74, 6) is 2.39. The highest BCUT2D eigenvalue weighted by Gasteiger charge is 2.61. The molecule has 3 aliphatic carbocycles. The van der Waals surface area contributed by atoms with E-state index in [4.69, 9.17) is 12.2 Å². The minimum atomic E-state index is 0.0611. The van der Waals surface area contributed by atoms with E-state index in [9.17, 15) is 9.59 Å². The van der Waals surface area contributed by atoms with Crippen LogP contribution in [0, 0.1) is 34.5 Å². The van der Waals surface area contributed by atoms with Gasteiger partial charge in [0.2, 0.25) is 11.8 Å². The third kappa shape index (κ3) is 3.67. The van der Waals surface area contributed by atoms with Crippen LogP contribution >= 0.6 is 12.2 Å². The van der Waals surface area contributed by atoms with Crippen LogP contribution in [0.25, 0.3) is 0 Å². The monoisotopic (exact) mass is 433 g/mol. The largest absolute Gasteiger partial charge is 0.362 e. The van der Waals surface area contributed by atoms with Gasteiger partial charge in [0, 0.05) is 24.9 Å². The van der Waals surface area contributed by atoms with Crippen LogP contribution in [0.4, 0.5) is 0 Å². The van der Waals surface area contributed by atoms with Gasteiger partial charge in [0.25, 0.3) is 0 Å². The van der Waals surface area contributed by atoms with Crippen LogP contribution in [0.15, 0.2) is 0 Å². The van der Waals surface area contributed by atoms with Gasteiger partial charge in [0.15, 0.2) is 5.11 Å². The number of amides is 2. The molecule has 0 unspecified atom stereocenters. The first-order valence-electron chi connectivity index (χ1n) is 12.2. The van der Waals surface area contributed by atoms with E-state index < -0.39 is 0 Å². The summed E-state index contributed by atoms with van der Waals surface area (Å²) in [5, 5.41) is 9.97. The molecule has 4 aliphatic rings. The summed E-state index contributed by atoms with van der Waals surface area (Å²) < 4.78 is 0. The lowest BCUT2D eigenvalue weighted by Crippen LogP contribution is -2.61. The van der Waals surface area contributed by atoms with E-state index in [0.717, 1.165) is 51.5 Å². The number of unbranched alkanes of at least 4 members (excludes halogenated alkanes) is 1. The molecule has 7 atom stereocenters. The first-order chi connectivity index (χ1) is 14.3. The van der Waals surface area contributed by atoms with Gasteiger partial charge in [-0.1, -0.05) is 27.2 Å². The molecule has 6 heteroatoms. The highest BCUT2D eigenvalue weighted by molar-refractivity contribution is 7.80. The fraction of sp³-hybridized carbons (Fsp3) is 0.875. The van der Waals surface area contributed by atoms with Gasteiger partial charge in [-0.05, 0) is 92.2 Å². The van der Waals surface area contributed by atoms with Gasteiger partial charge in [-0.15, -0.1) is 0 Å². The van der Waals surface area contributed by atoms with Gasteiger partial charge in [0.1, 0.15) is 0 Å². The number of piperidine rings is 1. The molecule has 4 rings (SSSR count). The molecular weight excluding hydrogens is 394 g/mol. The second-order valence-corrected chi connectivity index (χ2v) is 11.3. The van der Waals surface area contributed by atoms with Crippen molar-refractivity contribution in [2.75, 3.05) is 6.54 Å². The zero-order valence-electron chi connectivity index (χ0n) is 18.9. The Kier molecular flexibility index (Phi) is 6.17. The van der Waals surface area contributed by atoms with Crippen LogP contribution in [0.3, 0.4) is 0 Å². The van der Waals surface area contributed by atoms with E-state index in [1.807, 2.05) is 0 Å². The van der Waals surface area contributed by atoms with Gasteiger partial charge in [-0.3, -0.25) is 9.59 Å². The maximum atomic E-state index is 13.1. The molecule has 4 fully saturated rings. The summed E-state index contributed by atoms with van der Waals surface area (Å²) in [7, 11) is 0. The van der Waals surface area contributed by atoms with E-state index >= 15 is 0 Å². The minimum Gasteiger partial charge on any atom is -0.362 e. The summed E-state index contributed by atoms with van der Waals surface area (Å²) in [4.78, 5) is 25.1. The van der Waals surface area contributed by atoms with Crippen molar-refractivity contribution in [2.24, 2.45) is 34.5 Å². The Balaban J connectivity index is 1.44. The first kappa shape index (κ1) is 22.0. The predicted octanol–water partition coefficient (Wildman–Crippen LogP) is 3.91. The Hall–Kier alpha value is -1.17. The fourth-order valence-corrected chi connectivity index (χ4v) is 7.96. The van der Waals surface area contributed by atoms with Gasteiger partial charge in [-0.2, -0.15) is 0 Å². The van der Waals surface area contributed by atoms with Crippen molar-refractivity contribution in [3.05, 3.63) is 0 Å². The smallest absolute Gasteiger partial charge is 0.229 e. The Morgan fingerprint density at radius 1 is 1.10 bits per heavy atom. The molecule has 168 valence electrons. The maximum Gasteiger partial charge on any atom is 0.229 e. The number of thiocarbonyl (C=S) groups is 1. The Morgan fingerprint density at radius 2 is 1.87 bits per heavy atom. The van der Waals surface area contributed by atoms with Crippen molar-refractivity contribution in [2.45, 2.75) is 91.0 Å². The molecular formula is C24H39N3O2S. The van der Waals surface area contributed by atoms with Crippen LogP contribution in [-0.2, 0) is 9.59 Å². The van der Waals surface area contributed by atoms with Crippen LogP contribution in [-0.4, -0.2) is 29.5 Å². The first-order valence-corrected chi connectivity index (χ1v) is 12.6. The van der Waals surface area contributed by atoms with E-state index in [2.05, 4.69) is 36.7 Å². The average molecular weight is 434 g/mol. The Labute approximate surface area is 186 Å². The molecule has 0 bridgehead atoms. The molecule has 0 aromatic carbocycles. The number of carbonyl (C=O) groups is 2. The number of carbonyl (C=O) groups excluding carboxylic acids is 2. The highest BCUT2D eigenvalue weighted by Crippen LogP contribution is 2.65. The minimum absolute atomic E-state index is 0.0611. The number of fused-ring (bicyclic) bond motifs is 5. The third-order valence-corrected chi connectivity index (χ3v) is 9.71. The van der Waals surface area contributed by atoms with Crippen LogP contribution in [0.5, 0.6) is 0 Å². The summed E-state index contributed by atoms with van der Waals surface area (Å²) >= 11 is 5.37. The molecule has 5 nitrogen and oxygen atoms in total. The van der Waals surface area contributed by atoms with Gasteiger partial charge in [-0.25, -0.2) is 0 Å². The lowest BCUT2D eigenvalue weighted by Gasteiger charge is -2.60. The number of hydrogen-bond acceptors (Lipinski definition) is 3. The molecule has 0 spiro atoms. The topological polar surface area (TPSA) is 70.2 Å². The SMILES string of the molecule is CCCCNC(=S)NC(=O)[C@H]1CC[C@H]2[C@@H]3CC[C@H]4NC(=O)CC[C@]4(C)[C@H]3CC[C@]12C. The quantitative estimate of drug-likeness (QED) is 0.464. The van der Waals surface area contributed by atoms with Crippen molar-refractivity contribution in [3.63, 3.8) is 0 Å². The van der Waals surface area contributed by atoms with Crippen molar-refractivity contribution in [1.82, 2.24) is 16.0 Å². The van der Waals surface area contributed by atoms with E-state index in [-0.39, 0.29) is 28.6 Å². The normalized spacial score (nSPS) is 42.4. The molecule has 30 heavy (non-hydrogen) atoms. The van der Waals surface area contributed by atoms with E-state index in [1.165, 1.54) is 12.8 Å². The molecule has 1 saturated heterocycles. The van der Waals surface area contributed by atoms with Crippen molar-refractivity contribution >= 4 is 29.1 Å². The standard InChI is InChI=1S/C24H39N3O2S/c1-4-5-14-25-22(30)27-21(29)18-8-7-16-15-6-9-19-24(3,13-11-20(28)26-19)17(15)10-12-23(16,18)2/h15-19H,4-14H2,1-3H3,(H,26,28)(H2,25,27,29,30)/t15-,16-,17-,18+,19+,23-,24+/m0/s1. The lowest BCUT2D eigenvalue weighted by molar-refractivity contribution is -0.141. The number of rotatable bonds is 4. The van der Waals surface area contributed by atoms with Crippen LogP contribution < -0.4 is 16.0 Å². The van der Waals surface area contributed by atoms with Crippen LogP contribution in [0.1, 0.15) is 85.0 Å². The summed E-state index contributed by atoms with van der Waals surface area (Å²) in [6.07, 6.45) is 10.6. The molecule has 0 aromatic rings. The second-order valence-electron chi connectivity index (χ2n) is 10.9. The van der Waals surface area contributed by atoms with E-state index in [1.54, 1.807) is 0 Å². The predicted molar refractivity (Wildman–Crippen MR) is 123 cm³/mol. The average Bonchev–Trinajstić information content (AvgIpc) is 3.06. The molecule has 3 N–H and O–H groups in total. The second kappa shape index (κ2) is 8.40. The summed E-state index contributed by atoms with van der Waals surface area (Å²) in [6, 6.07) is 0.344. The summed E-state index contributed by atoms with van der Waals surface area (Å²) in [5.41, 5.74) is 0.300. The fourth-order valence-electron chi connectivity index (χ4n) is 7.75. The molecule has 0 aromatic heterocycles. The molecule has 1 heterocycles. The lowest BCUT2D eigenvalue weighted by atomic mass is 9.47. The van der Waals surface area contributed by atoms with E-state index in [0.29, 0.717) is 35.3 Å². The van der Waals surface area contributed by atoms with Crippen molar-refractivity contribution in [1.29, 1.82) is 0 Å². The van der Waals surface area contributed by atoms with Crippen molar-refractivity contribution < 1.29 is 9.59 Å². The maximum absolute atomic E-state index is 13.1. The molecule has 1 aliphatic heterocycles. The number of hydrogen-bond donors (Lipinski definition) is 3. The van der Waals surface area contributed by atoms with Crippen LogP contribution in [0.2, 0.25) is 0 Å². The Bertz CT molecular complexity index is 713. The third-order valence-electron chi connectivity index (χ3n) is 9.46. The number of nitrogens with one attached hydrogen (secondary N) is 3. The molecule has 0 radical (unpaired) electrons. The van der Waals surface area contributed by atoms with Crippen molar-refractivity contribution in [3.8, 4) is 0 Å².